The molecule has 1 aromatic carbocycles. The molecule has 1 aromatic rings. The number of amides is 1. The zero-order valence-electron chi connectivity index (χ0n) is 9.73. The molecule has 0 saturated carbocycles. The van der Waals surface area contributed by atoms with Crippen LogP contribution in [0.15, 0.2) is 24.3 Å². The maximum Gasteiger partial charge on any atom is 0.325 e. The molecule has 5 nitrogen and oxygen atoms in total. The van der Waals surface area contributed by atoms with Crippen LogP contribution in [0.5, 0.6) is 0 Å². The highest BCUT2D eigenvalue weighted by molar-refractivity contribution is 5.83. The van der Waals surface area contributed by atoms with E-state index in [1.165, 1.54) is 0 Å². The predicted molar refractivity (Wildman–Crippen MR) is 64.2 cm³/mol. The van der Waals surface area contributed by atoms with E-state index >= 15 is 0 Å². The van der Waals surface area contributed by atoms with E-state index in [9.17, 15) is 9.59 Å². The minimum Gasteiger partial charge on any atom is -0.465 e. The lowest BCUT2D eigenvalue weighted by Gasteiger charge is -2.05. The fourth-order valence-electron chi connectivity index (χ4n) is 1.27. The molecule has 0 aliphatic heterocycles. The number of nitrogens with two attached hydrogens (primary N) is 1. The van der Waals surface area contributed by atoms with E-state index in [0.29, 0.717) is 12.3 Å². The van der Waals surface area contributed by atoms with Crippen LogP contribution in [0.4, 0.5) is 5.69 Å². The second-order valence-electron chi connectivity index (χ2n) is 3.50. The molecule has 92 valence electrons. The molecule has 3 N–H and O–H groups in total. The Morgan fingerprint density at radius 2 is 1.94 bits per heavy atom. The molecule has 0 heterocycles. The van der Waals surface area contributed by atoms with E-state index in [-0.39, 0.29) is 18.9 Å². The van der Waals surface area contributed by atoms with Crippen LogP contribution >= 0.6 is 0 Å². The van der Waals surface area contributed by atoms with Gasteiger partial charge in [-0.25, -0.2) is 0 Å². The fraction of sp³-hybridized carbons (Fsp3) is 0.333. The van der Waals surface area contributed by atoms with Crippen molar-refractivity contribution >= 4 is 17.6 Å². The van der Waals surface area contributed by atoms with Crippen molar-refractivity contribution in [1.82, 2.24) is 5.32 Å². The van der Waals surface area contributed by atoms with E-state index in [1.54, 1.807) is 31.2 Å². The quantitative estimate of drug-likeness (QED) is 0.576. The van der Waals surface area contributed by atoms with Gasteiger partial charge in [-0.15, -0.1) is 0 Å². The maximum absolute atomic E-state index is 11.5. The first-order chi connectivity index (χ1) is 8.11. The van der Waals surface area contributed by atoms with Crippen molar-refractivity contribution < 1.29 is 14.3 Å². The Hall–Kier alpha value is -2.04. The monoisotopic (exact) mass is 236 g/mol. The SMILES string of the molecule is CCOC(=O)CNC(=O)Cc1ccc(N)cc1. The molecular formula is C12H16N2O3. The summed E-state index contributed by atoms with van der Waals surface area (Å²) in [5.74, 6) is -0.652. The molecule has 0 unspecified atom stereocenters. The highest BCUT2D eigenvalue weighted by atomic mass is 16.5. The highest BCUT2D eigenvalue weighted by Gasteiger charge is 2.06. The molecule has 1 amide bonds. The number of nitrogen functional groups attached to an aromatic ring is 1. The molecule has 0 saturated heterocycles. The number of hydrogen-bond acceptors (Lipinski definition) is 4. The minimum atomic E-state index is -0.432. The van der Waals surface area contributed by atoms with E-state index in [0.717, 1.165) is 5.56 Å². The number of carbonyl (C=O) groups is 2. The summed E-state index contributed by atoms with van der Waals surface area (Å²) >= 11 is 0. The molecule has 0 aliphatic carbocycles. The molecular weight excluding hydrogens is 220 g/mol. The Balaban J connectivity index is 2.34. The van der Waals surface area contributed by atoms with Gasteiger partial charge < -0.3 is 15.8 Å². The van der Waals surface area contributed by atoms with Gasteiger partial charge >= 0.3 is 5.97 Å². The van der Waals surface area contributed by atoms with E-state index in [2.05, 4.69) is 10.1 Å². The average Bonchev–Trinajstić information content (AvgIpc) is 2.30. The molecule has 1 rings (SSSR count). The molecule has 0 aromatic heterocycles. The topological polar surface area (TPSA) is 81.4 Å². The first-order valence-electron chi connectivity index (χ1n) is 5.38. The van der Waals surface area contributed by atoms with Crippen LogP contribution in [0.2, 0.25) is 0 Å². The van der Waals surface area contributed by atoms with Gasteiger partial charge in [0.25, 0.3) is 0 Å². The van der Waals surface area contributed by atoms with Gasteiger partial charge in [-0.2, -0.15) is 0 Å². The van der Waals surface area contributed by atoms with Gasteiger partial charge in [-0.3, -0.25) is 9.59 Å². The van der Waals surface area contributed by atoms with Gasteiger partial charge in [0, 0.05) is 5.69 Å². The van der Waals surface area contributed by atoms with Crippen LogP contribution in [0.25, 0.3) is 0 Å². The zero-order valence-corrected chi connectivity index (χ0v) is 9.73. The molecule has 0 radical (unpaired) electrons. The molecule has 5 heteroatoms. The second-order valence-corrected chi connectivity index (χ2v) is 3.50. The van der Waals surface area contributed by atoms with Gasteiger partial charge in [-0.1, -0.05) is 12.1 Å². The van der Waals surface area contributed by atoms with Gasteiger partial charge in [-0.05, 0) is 24.6 Å². The first-order valence-corrected chi connectivity index (χ1v) is 5.38. The van der Waals surface area contributed by atoms with Crippen molar-refractivity contribution in [2.75, 3.05) is 18.9 Å². The lowest BCUT2D eigenvalue weighted by Crippen LogP contribution is -2.31. The Bertz CT molecular complexity index is 387. The number of rotatable bonds is 5. The van der Waals surface area contributed by atoms with Gasteiger partial charge in [0.2, 0.25) is 5.91 Å². The van der Waals surface area contributed by atoms with Crippen molar-refractivity contribution in [1.29, 1.82) is 0 Å². The smallest absolute Gasteiger partial charge is 0.325 e. The standard InChI is InChI=1S/C12H16N2O3/c1-2-17-12(16)8-14-11(15)7-9-3-5-10(13)6-4-9/h3-6H,2,7-8,13H2,1H3,(H,14,15). The van der Waals surface area contributed by atoms with Crippen LogP contribution in [0.3, 0.4) is 0 Å². The van der Waals surface area contributed by atoms with Crippen molar-refractivity contribution in [3.8, 4) is 0 Å². The zero-order chi connectivity index (χ0) is 12.7. The van der Waals surface area contributed by atoms with Gasteiger partial charge in [0.05, 0.1) is 13.0 Å². The summed E-state index contributed by atoms with van der Waals surface area (Å²) < 4.78 is 4.69. The molecule has 0 aliphatic rings. The van der Waals surface area contributed by atoms with Gasteiger partial charge in [0.15, 0.2) is 0 Å². The number of ether oxygens (including phenoxy) is 1. The molecule has 0 atom stereocenters. The van der Waals surface area contributed by atoms with Crippen LogP contribution < -0.4 is 11.1 Å². The summed E-state index contributed by atoms with van der Waals surface area (Å²) in [6.45, 7) is 1.93. The van der Waals surface area contributed by atoms with Crippen molar-refractivity contribution in [2.24, 2.45) is 0 Å². The lowest BCUT2D eigenvalue weighted by atomic mass is 10.1. The van der Waals surface area contributed by atoms with Crippen LogP contribution in [0, 0.1) is 0 Å². The maximum atomic E-state index is 11.5. The largest absolute Gasteiger partial charge is 0.465 e. The van der Waals surface area contributed by atoms with Crippen LogP contribution in [-0.4, -0.2) is 25.0 Å². The van der Waals surface area contributed by atoms with Crippen LogP contribution in [0.1, 0.15) is 12.5 Å². The summed E-state index contributed by atoms with van der Waals surface area (Å²) in [5.41, 5.74) is 7.03. The number of benzene rings is 1. The van der Waals surface area contributed by atoms with Crippen molar-refractivity contribution in [2.45, 2.75) is 13.3 Å². The number of esters is 1. The molecule has 0 spiro atoms. The third-order valence-corrected chi connectivity index (χ3v) is 2.08. The summed E-state index contributed by atoms with van der Waals surface area (Å²) in [6, 6.07) is 7.01. The number of hydrogen-bond donors (Lipinski definition) is 2. The Kier molecular flexibility index (Phi) is 5.00. The third-order valence-electron chi connectivity index (χ3n) is 2.08. The first kappa shape index (κ1) is 13.0. The number of anilines is 1. The highest BCUT2D eigenvalue weighted by Crippen LogP contribution is 2.05. The van der Waals surface area contributed by atoms with E-state index in [4.69, 9.17) is 5.73 Å². The summed E-state index contributed by atoms with van der Waals surface area (Å²) in [5, 5.41) is 2.49. The molecule has 0 bridgehead atoms. The van der Waals surface area contributed by atoms with E-state index in [1.807, 2.05) is 0 Å². The Morgan fingerprint density at radius 1 is 1.29 bits per heavy atom. The summed E-state index contributed by atoms with van der Waals surface area (Å²) in [6.07, 6.45) is 0.222. The Morgan fingerprint density at radius 3 is 2.53 bits per heavy atom. The molecule has 0 fully saturated rings. The van der Waals surface area contributed by atoms with Gasteiger partial charge in [0.1, 0.15) is 6.54 Å². The number of nitrogens with one attached hydrogen (secondary N) is 1. The number of carbonyl (C=O) groups excluding carboxylic acids is 2. The van der Waals surface area contributed by atoms with E-state index < -0.39 is 5.97 Å². The molecule has 17 heavy (non-hydrogen) atoms. The third kappa shape index (κ3) is 5.01. The lowest BCUT2D eigenvalue weighted by molar-refractivity contribution is -0.143. The summed E-state index contributed by atoms with van der Waals surface area (Å²) in [4.78, 5) is 22.4. The van der Waals surface area contributed by atoms with Crippen molar-refractivity contribution in [3.63, 3.8) is 0 Å². The summed E-state index contributed by atoms with van der Waals surface area (Å²) in [7, 11) is 0. The second kappa shape index (κ2) is 6.52. The minimum absolute atomic E-state index is 0.0956. The Labute approximate surface area is 99.9 Å². The fourth-order valence-corrected chi connectivity index (χ4v) is 1.27. The normalized spacial score (nSPS) is 9.71. The predicted octanol–water partition coefficient (Wildman–Crippen LogP) is 0.491. The van der Waals surface area contributed by atoms with Crippen LogP contribution in [-0.2, 0) is 20.7 Å². The average molecular weight is 236 g/mol. The van der Waals surface area contributed by atoms with Crippen molar-refractivity contribution in [3.05, 3.63) is 29.8 Å².